The maximum absolute atomic E-state index is 12.4. The van der Waals surface area contributed by atoms with Crippen LogP contribution in [0, 0.1) is 0 Å². The van der Waals surface area contributed by atoms with E-state index < -0.39 is 46.6 Å². The molecule has 2 amide bonds. The zero-order valence-corrected chi connectivity index (χ0v) is 19.7. The molecule has 0 spiro atoms. The summed E-state index contributed by atoms with van der Waals surface area (Å²) in [5, 5.41) is 14.3. The Morgan fingerprint density at radius 2 is 1.85 bits per heavy atom. The van der Waals surface area contributed by atoms with Crippen LogP contribution in [0.1, 0.15) is 32.3 Å². The average Bonchev–Trinajstić information content (AvgIpc) is 2.78. The minimum absolute atomic E-state index is 0.234. The molecule has 0 aromatic heterocycles. The van der Waals surface area contributed by atoms with Crippen molar-refractivity contribution >= 4 is 34.0 Å². The van der Waals surface area contributed by atoms with Crippen LogP contribution in [0.4, 0.5) is 0 Å². The molecule has 0 fully saturated rings. The first-order valence-electron chi connectivity index (χ1n) is 10.5. The van der Waals surface area contributed by atoms with Gasteiger partial charge in [0, 0.05) is 6.54 Å². The van der Waals surface area contributed by atoms with Gasteiger partial charge in [0.2, 0.25) is 21.8 Å². The highest BCUT2D eigenvalue weighted by Gasteiger charge is 2.27. The first-order chi connectivity index (χ1) is 15.6. The summed E-state index contributed by atoms with van der Waals surface area (Å²) < 4.78 is 26.8. The third-order valence-corrected chi connectivity index (χ3v) is 5.99. The Morgan fingerprint density at radius 1 is 1.18 bits per heavy atom. The van der Waals surface area contributed by atoms with E-state index in [1.54, 1.807) is 31.2 Å². The van der Waals surface area contributed by atoms with Crippen molar-refractivity contribution in [2.45, 2.75) is 51.2 Å². The van der Waals surface area contributed by atoms with Gasteiger partial charge in [0.25, 0.3) is 0 Å². The van der Waals surface area contributed by atoms with Crippen LogP contribution in [0.3, 0.4) is 0 Å². The SMILES string of the molecule is CC(N)=NCCC[C@@H](C=O)NC(=O)[C@H](C)NC(=O)[C@@H](CO)NS(=O)(=O)CCc1ccccc1. The van der Waals surface area contributed by atoms with Crippen LogP contribution in [-0.2, 0) is 30.8 Å². The van der Waals surface area contributed by atoms with Gasteiger partial charge >= 0.3 is 0 Å². The summed E-state index contributed by atoms with van der Waals surface area (Å²) in [4.78, 5) is 39.9. The Kier molecular flexibility index (Phi) is 12.3. The molecule has 1 rings (SSSR count). The number of aliphatic imine (C=N–C) groups is 1. The third kappa shape index (κ3) is 11.6. The van der Waals surface area contributed by atoms with E-state index in [4.69, 9.17) is 5.73 Å². The van der Waals surface area contributed by atoms with Crippen LogP contribution in [0.15, 0.2) is 35.3 Å². The van der Waals surface area contributed by atoms with Crippen molar-refractivity contribution in [3.8, 4) is 0 Å². The number of nitrogens with zero attached hydrogens (tertiary/aromatic N) is 1. The Labute approximate surface area is 194 Å². The second-order valence-corrected chi connectivity index (χ2v) is 9.43. The number of hydrogen-bond donors (Lipinski definition) is 5. The molecule has 0 heterocycles. The van der Waals surface area contributed by atoms with Gasteiger partial charge in [0.1, 0.15) is 18.4 Å². The molecule has 0 saturated heterocycles. The van der Waals surface area contributed by atoms with Crippen molar-refractivity contribution in [3.05, 3.63) is 35.9 Å². The number of rotatable bonds is 15. The van der Waals surface area contributed by atoms with Crippen LogP contribution in [0.25, 0.3) is 0 Å². The van der Waals surface area contributed by atoms with Crippen molar-refractivity contribution < 1.29 is 27.9 Å². The van der Waals surface area contributed by atoms with E-state index in [0.717, 1.165) is 5.56 Å². The predicted molar refractivity (Wildman–Crippen MR) is 125 cm³/mol. The number of hydrogen-bond acceptors (Lipinski definition) is 7. The molecule has 0 aliphatic heterocycles. The molecular formula is C21H33N5O6S. The zero-order chi connectivity index (χ0) is 24.9. The van der Waals surface area contributed by atoms with Gasteiger partial charge < -0.3 is 26.3 Å². The molecule has 6 N–H and O–H groups in total. The van der Waals surface area contributed by atoms with Crippen molar-refractivity contribution in [2.75, 3.05) is 18.9 Å². The number of amidine groups is 1. The summed E-state index contributed by atoms with van der Waals surface area (Å²) in [5.74, 6) is -1.33. The summed E-state index contributed by atoms with van der Waals surface area (Å²) in [5.41, 5.74) is 6.25. The van der Waals surface area contributed by atoms with Crippen LogP contribution in [0.2, 0.25) is 0 Å². The number of sulfonamides is 1. The van der Waals surface area contributed by atoms with E-state index in [1.165, 1.54) is 6.92 Å². The smallest absolute Gasteiger partial charge is 0.242 e. The second kappa shape index (κ2) is 14.3. The van der Waals surface area contributed by atoms with E-state index in [2.05, 4.69) is 20.3 Å². The summed E-state index contributed by atoms with van der Waals surface area (Å²) in [6, 6.07) is 5.67. The number of aldehydes is 1. The molecule has 3 atom stereocenters. The fourth-order valence-electron chi connectivity index (χ4n) is 2.77. The normalized spacial score (nSPS) is 14.7. The lowest BCUT2D eigenvalue weighted by atomic mass is 10.1. The Balaban J connectivity index is 2.56. The Morgan fingerprint density at radius 3 is 2.42 bits per heavy atom. The van der Waals surface area contributed by atoms with Crippen molar-refractivity contribution in [1.29, 1.82) is 0 Å². The minimum Gasteiger partial charge on any atom is -0.394 e. The lowest BCUT2D eigenvalue weighted by molar-refractivity contribution is -0.130. The molecule has 0 bridgehead atoms. The van der Waals surface area contributed by atoms with Crippen molar-refractivity contribution in [2.24, 2.45) is 10.7 Å². The van der Waals surface area contributed by atoms with E-state index in [-0.39, 0.29) is 12.2 Å². The second-order valence-electron chi connectivity index (χ2n) is 7.55. The molecule has 12 heteroatoms. The number of benzene rings is 1. The monoisotopic (exact) mass is 483 g/mol. The first kappa shape index (κ1) is 28.2. The van der Waals surface area contributed by atoms with Gasteiger partial charge in [-0.05, 0) is 38.7 Å². The largest absolute Gasteiger partial charge is 0.394 e. The lowest BCUT2D eigenvalue weighted by Crippen LogP contribution is -2.55. The summed E-state index contributed by atoms with van der Waals surface area (Å²) >= 11 is 0. The number of carbonyl (C=O) groups excluding carboxylic acids is 3. The molecule has 11 nitrogen and oxygen atoms in total. The predicted octanol–water partition coefficient (Wildman–Crippen LogP) is -1.14. The number of nitrogens with two attached hydrogens (primary N) is 1. The number of aliphatic hydroxyl groups excluding tert-OH is 1. The summed E-state index contributed by atoms with van der Waals surface area (Å²) in [7, 11) is -3.87. The average molecular weight is 484 g/mol. The van der Waals surface area contributed by atoms with Crippen LogP contribution in [-0.4, -0.2) is 74.5 Å². The van der Waals surface area contributed by atoms with Gasteiger partial charge in [-0.2, -0.15) is 0 Å². The summed E-state index contributed by atoms with van der Waals surface area (Å²) in [6.07, 6.45) is 1.68. The highest BCUT2D eigenvalue weighted by Crippen LogP contribution is 2.03. The molecule has 0 radical (unpaired) electrons. The van der Waals surface area contributed by atoms with Crippen LogP contribution >= 0.6 is 0 Å². The highest BCUT2D eigenvalue weighted by atomic mass is 32.2. The van der Waals surface area contributed by atoms with E-state index in [9.17, 15) is 27.9 Å². The maximum Gasteiger partial charge on any atom is 0.242 e. The molecule has 0 saturated carbocycles. The Bertz CT molecular complexity index is 903. The molecule has 1 aromatic carbocycles. The molecule has 0 aliphatic carbocycles. The quantitative estimate of drug-likeness (QED) is 0.0904. The van der Waals surface area contributed by atoms with Gasteiger partial charge in [-0.3, -0.25) is 14.6 Å². The topological polar surface area (TPSA) is 180 Å². The van der Waals surface area contributed by atoms with Crippen LogP contribution in [0.5, 0.6) is 0 Å². The highest BCUT2D eigenvalue weighted by molar-refractivity contribution is 7.89. The van der Waals surface area contributed by atoms with Gasteiger partial charge in [0.15, 0.2) is 0 Å². The Hall–Kier alpha value is -2.83. The lowest BCUT2D eigenvalue weighted by Gasteiger charge is -2.21. The molecular weight excluding hydrogens is 450 g/mol. The molecule has 1 aromatic rings. The molecule has 0 aliphatic rings. The zero-order valence-electron chi connectivity index (χ0n) is 18.9. The van der Waals surface area contributed by atoms with Crippen molar-refractivity contribution in [1.82, 2.24) is 15.4 Å². The van der Waals surface area contributed by atoms with Gasteiger partial charge in [-0.15, -0.1) is 0 Å². The van der Waals surface area contributed by atoms with E-state index >= 15 is 0 Å². The first-order valence-corrected chi connectivity index (χ1v) is 12.2. The number of aryl methyl sites for hydroxylation is 1. The van der Waals surface area contributed by atoms with Crippen molar-refractivity contribution in [3.63, 3.8) is 0 Å². The number of amides is 2. The number of nitrogens with one attached hydrogen (secondary N) is 3. The van der Waals surface area contributed by atoms with Gasteiger partial charge in [-0.25, -0.2) is 13.1 Å². The molecule has 33 heavy (non-hydrogen) atoms. The number of aliphatic hydroxyl groups is 1. The minimum atomic E-state index is -3.87. The van der Waals surface area contributed by atoms with Gasteiger partial charge in [0.05, 0.1) is 24.2 Å². The maximum atomic E-state index is 12.4. The molecule has 0 unspecified atom stereocenters. The van der Waals surface area contributed by atoms with Crippen LogP contribution < -0.4 is 21.1 Å². The standard InChI is InChI=1S/C21H33N5O6S/c1-15(20(29)25-18(13-27)9-6-11-23-16(2)22)24-21(30)19(14-28)26-33(31,32)12-10-17-7-4-3-5-8-17/h3-5,7-8,13,15,18-19,26,28H,6,9-12,14H2,1-2H3,(H2,22,23)(H,24,30)(H,25,29)/t15-,18-,19+/m0/s1. The van der Waals surface area contributed by atoms with E-state index in [0.29, 0.717) is 31.5 Å². The fraction of sp³-hybridized carbons (Fsp3) is 0.524. The van der Waals surface area contributed by atoms with E-state index in [1.807, 2.05) is 6.07 Å². The summed E-state index contributed by atoms with van der Waals surface area (Å²) in [6.45, 7) is 2.65. The third-order valence-electron chi connectivity index (χ3n) is 4.60. The van der Waals surface area contributed by atoms with Gasteiger partial charge in [-0.1, -0.05) is 30.3 Å². The fourth-order valence-corrected chi connectivity index (χ4v) is 4.01. The number of carbonyl (C=O) groups is 3. The molecule has 184 valence electrons.